The predicted octanol–water partition coefficient (Wildman–Crippen LogP) is 2.43. The van der Waals surface area contributed by atoms with Gasteiger partial charge in [-0.2, -0.15) is 0 Å². The first-order chi connectivity index (χ1) is 12.1. The van der Waals surface area contributed by atoms with E-state index in [-0.39, 0.29) is 18.2 Å². The highest BCUT2D eigenvalue weighted by atomic mass is 16.5. The van der Waals surface area contributed by atoms with Gasteiger partial charge in [-0.15, -0.1) is 0 Å². The molecule has 1 heterocycles. The molecule has 0 bridgehead atoms. The van der Waals surface area contributed by atoms with Crippen molar-refractivity contribution in [1.82, 2.24) is 10.6 Å². The molecule has 5 nitrogen and oxygen atoms in total. The van der Waals surface area contributed by atoms with Crippen molar-refractivity contribution in [2.24, 2.45) is 0 Å². The van der Waals surface area contributed by atoms with Crippen molar-refractivity contribution >= 4 is 11.8 Å². The molecule has 0 saturated carbocycles. The van der Waals surface area contributed by atoms with Gasteiger partial charge in [-0.05, 0) is 34.4 Å². The van der Waals surface area contributed by atoms with Gasteiger partial charge in [0, 0.05) is 32.9 Å². The average molecular weight is 338 g/mol. The van der Waals surface area contributed by atoms with E-state index in [0.717, 1.165) is 29.9 Å². The summed E-state index contributed by atoms with van der Waals surface area (Å²) < 4.78 is 5.54. The number of carbonyl (C=O) groups excluding carboxylic acids is 2. The van der Waals surface area contributed by atoms with Crippen molar-refractivity contribution in [2.45, 2.75) is 26.3 Å². The van der Waals surface area contributed by atoms with Crippen LogP contribution in [0.2, 0.25) is 0 Å². The summed E-state index contributed by atoms with van der Waals surface area (Å²) in [5.74, 6) is 0.792. The van der Waals surface area contributed by atoms with E-state index in [4.69, 9.17) is 4.74 Å². The van der Waals surface area contributed by atoms with Crippen molar-refractivity contribution in [3.05, 3.63) is 53.6 Å². The maximum absolute atomic E-state index is 11.7. The van der Waals surface area contributed by atoms with E-state index < -0.39 is 0 Å². The first-order valence-electron chi connectivity index (χ1n) is 8.48. The second kappa shape index (κ2) is 7.83. The Morgan fingerprint density at radius 2 is 1.80 bits per heavy atom. The Morgan fingerprint density at radius 3 is 2.56 bits per heavy atom. The highest BCUT2D eigenvalue weighted by molar-refractivity contribution is 5.77. The maximum atomic E-state index is 11.7. The van der Waals surface area contributed by atoms with E-state index in [1.54, 1.807) is 0 Å². The minimum Gasteiger partial charge on any atom is -0.493 e. The molecular formula is C20H22N2O3. The maximum Gasteiger partial charge on any atom is 0.222 e. The molecule has 2 N–H and O–H groups in total. The summed E-state index contributed by atoms with van der Waals surface area (Å²) in [5, 5.41) is 5.47. The van der Waals surface area contributed by atoms with Crippen LogP contribution < -0.4 is 15.4 Å². The molecule has 0 saturated heterocycles. The van der Waals surface area contributed by atoms with E-state index in [1.165, 1.54) is 18.1 Å². The van der Waals surface area contributed by atoms with Crippen LogP contribution in [0.4, 0.5) is 0 Å². The first kappa shape index (κ1) is 17.0. The third-order valence-electron chi connectivity index (χ3n) is 4.19. The Balaban J connectivity index is 1.54. The Labute approximate surface area is 147 Å². The molecule has 0 aromatic heterocycles. The lowest BCUT2D eigenvalue weighted by Gasteiger charge is -2.08. The zero-order valence-corrected chi connectivity index (χ0v) is 14.3. The molecule has 2 amide bonds. The van der Waals surface area contributed by atoms with Gasteiger partial charge in [0.25, 0.3) is 0 Å². The van der Waals surface area contributed by atoms with Crippen LogP contribution in [-0.2, 0) is 22.6 Å². The van der Waals surface area contributed by atoms with Crippen molar-refractivity contribution in [2.75, 3.05) is 13.2 Å². The number of benzene rings is 2. The molecule has 0 radical (unpaired) electrons. The second-order valence-corrected chi connectivity index (χ2v) is 6.13. The van der Waals surface area contributed by atoms with E-state index in [9.17, 15) is 9.59 Å². The number of carbonyl (C=O) groups is 2. The Bertz CT molecular complexity index is 769. The van der Waals surface area contributed by atoms with Gasteiger partial charge in [-0.3, -0.25) is 9.59 Å². The largest absolute Gasteiger partial charge is 0.493 e. The zero-order valence-electron chi connectivity index (χ0n) is 14.3. The summed E-state index contributed by atoms with van der Waals surface area (Å²) in [4.78, 5) is 22.5. The summed E-state index contributed by atoms with van der Waals surface area (Å²) in [6.45, 7) is 3.05. The number of nitrogens with one attached hydrogen (secondary N) is 2. The van der Waals surface area contributed by atoms with Crippen molar-refractivity contribution < 1.29 is 14.3 Å². The van der Waals surface area contributed by atoms with Gasteiger partial charge in [0.2, 0.25) is 11.8 Å². The van der Waals surface area contributed by atoms with Crippen LogP contribution in [0.25, 0.3) is 11.1 Å². The van der Waals surface area contributed by atoms with Gasteiger partial charge >= 0.3 is 0 Å². The SMILES string of the molecule is CC(=O)NCCC(=O)NCc1ccc(-c2ccc3c(c2)CCO3)cc1. The molecule has 0 aliphatic carbocycles. The topological polar surface area (TPSA) is 67.4 Å². The van der Waals surface area contributed by atoms with Crippen LogP contribution in [0.15, 0.2) is 42.5 Å². The molecule has 25 heavy (non-hydrogen) atoms. The fraction of sp³-hybridized carbons (Fsp3) is 0.300. The molecule has 130 valence electrons. The molecule has 0 atom stereocenters. The number of amides is 2. The number of hydrogen-bond acceptors (Lipinski definition) is 3. The number of hydrogen-bond donors (Lipinski definition) is 2. The summed E-state index contributed by atoms with van der Waals surface area (Å²) in [6.07, 6.45) is 1.25. The van der Waals surface area contributed by atoms with Crippen LogP contribution in [0, 0.1) is 0 Å². The standard InChI is InChI=1S/C20H22N2O3/c1-14(23)21-10-8-20(24)22-13-15-2-4-16(5-3-15)17-6-7-19-18(12-17)9-11-25-19/h2-7,12H,8-11,13H2,1H3,(H,21,23)(H,22,24). The van der Waals surface area contributed by atoms with Gasteiger partial charge in [0.15, 0.2) is 0 Å². The molecule has 2 aromatic carbocycles. The molecule has 2 aromatic rings. The molecule has 3 rings (SSSR count). The van der Waals surface area contributed by atoms with Gasteiger partial charge in [-0.1, -0.05) is 30.3 Å². The third-order valence-corrected chi connectivity index (χ3v) is 4.19. The van der Waals surface area contributed by atoms with Crippen LogP contribution >= 0.6 is 0 Å². The molecule has 0 spiro atoms. The zero-order chi connectivity index (χ0) is 17.6. The van der Waals surface area contributed by atoms with E-state index in [0.29, 0.717) is 13.1 Å². The fourth-order valence-electron chi connectivity index (χ4n) is 2.82. The number of ether oxygens (including phenoxy) is 1. The van der Waals surface area contributed by atoms with Gasteiger partial charge in [-0.25, -0.2) is 0 Å². The summed E-state index contributed by atoms with van der Waals surface area (Å²) in [6, 6.07) is 14.5. The smallest absolute Gasteiger partial charge is 0.222 e. The van der Waals surface area contributed by atoms with E-state index in [1.807, 2.05) is 18.2 Å². The third kappa shape index (κ3) is 4.59. The number of rotatable bonds is 6. The molecular weight excluding hydrogens is 316 g/mol. The number of fused-ring (bicyclic) bond motifs is 1. The lowest BCUT2D eigenvalue weighted by molar-refractivity contribution is -0.121. The van der Waals surface area contributed by atoms with E-state index >= 15 is 0 Å². The van der Waals surface area contributed by atoms with Crippen LogP contribution in [0.3, 0.4) is 0 Å². The minimum atomic E-state index is -0.124. The first-order valence-corrected chi connectivity index (χ1v) is 8.48. The van der Waals surface area contributed by atoms with Crippen molar-refractivity contribution in [3.8, 4) is 16.9 Å². The lowest BCUT2D eigenvalue weighted by Crippen LogP contribution is -2.29. The Kier molecular flexibility index (Phi) is 5.33. The monoisotopic (exact) mass is 338 g/mol. The van der Waals surface area contributed by atoms with Crippen LogP contribution in [0.1, 0.15) is 24.5 Å². The normalized spacial score (nSPS) is 12.2. The van der Waals surface area contributed by atoms with Crippen LogP contribution in [-0.4, -0.2) is 25.0 Å². The Morgan fingerprint density at radius 1 is 1.04 bits per heavy atom. The predicted molar refractivity (Wildman–Crippen MR) is 96.2 cm³/mol. The molecule has 0 fully saturated rings. The summed E-state index contributed by atoms with van der Waals surface area (Å²) in [5.41, 5.74) is 4.62. The highest BCUT2D eigenvalue weighted by Gasteiger charge is 2.12. The van der Waals surface area contributed by atoms with E-state index in [2.05, 4.69) is 34.9 Å². The quantitative estimate of drug-likeness (QED) is 0.850. The van der Waals surface area contributed by atoms with Crippen molar-refractivity contribution in [3.63, 3.8) is 0 Å². The lowest BCUT2D eigenvalue weighted by atomic mass is 10.0. The van der Waals surface area contributed by atoms with Gasteiger partial charge in [0.1, 0.15) is 5.75 Å². The fourth-order valence-corrected chi connectivity index (χ4v) is 2.82. The summed E-state index contributed by atoms with van der Waals surface area (Å²) in [7, 11) is 0. The summed E-state index contributed by atoms with van der Waals surface area (Å²) >= 11 is 0. The van der Waals surface area contributed by atoms with Crippen LogP contribution in [0.5, 0.6) is 5.75 Å². The average Bonchev–Trinajstić information content (AvgIpc) is 3.08. The van der Waals surface area contributed by atoms with Crippen molar-refractivity contribution in [1.29, 1.82) is 0 Å². The molecule has 0 unspecified atom stereocenters. The highest BCUT2D eigenvalue weighted by Crippen LogP contribution is 2.30. The molecule has 5 heteroatoms. The molecule has 1 aliphatic heterocycles. The molecule has 1 aliphatic rings. The second-order valence-electron chi connectivity index (χ2n) is 6.13. The minimum absolute atomic E-state index is 0.0727. The van der Waals surface area contributed by atoms with Gasteiger partial charge in [0.05, 0.1) is 6.61 Å². The van der Waals surface area contributed by atoms with Gasteiger partial charge < -0.3 is 15.4 Å². The Hall–Kier alpha value is -2.82.